The topological polar surface area (TPSA) is 108 Å². The SMILES string of the molecule is COc1ccc(C(O)=C(C(=O)Oc2c(C)cc(C)cc2C)c2nc3ccccc3oc2=O)cc1OC. The minimum absolute atomic E-state index is 0.186. The number of carbonyl (C=O) groups excluding carboxylic acids is 1. The van der Waals surface area contributed by atoms with Crippen LogP contribution in [0.2, 0.25) is 0 Å². The highest BCUT2D eigenvalue weighted by molar-refractivity contribution is 6.23. The van der Waals surface area contributed by atoms with Crippen LogP contribution < -0.4 is 19.8 Å². The first-order valence-electron chi connectivity index (χ1n) is 11.1. The Morgan fingerprint density at radius 3 is 2.25 bits per heavy atom. The number of aliphatic hydroxyl groups is 1. The highest BCUT2D eigenvalue weighted by Gasteiger charge is 2.28. The smallest absolute Gasteiger partial charge is 0.363 e. The fraction of sp³-hybridized carbons (Fsp3) is 0.179. The van der Waals surface area contributed by atoms with Gasteiger partial charge in [0.15, 0.2) is 22.8 Å². The van der Waals surface area contributed by atoms with E-state index in [0.29, 0.717) is 22.8 Å². The first-order chi connectivity index (χ1) is 17.2. The normalized spacial score (nSPS) is 11.7. The first kappa shape index (κ1) is 24.5. The number of benzene rings is 3. The van der Waals surface area contributed by atoms with Gasteiger partial charge >= 0.3 is 11.6 Å². The number of rotatable bonds is 6. The number of carbonyl (C=O) groups is 1. The van der Waals surface area contributed by atoms with Crippen LogP contribution in [0.5, 0.6) is 17.2 Å². The molecule has 1 N–H and O–H groups in total. The molecule has 0 amide bonds. The van der Waals surface area contributed by atoms with Gasteiger partial charge in [-0.15, -0.1) is 0 Å². The predicted octanol–water partition coefficient (Wildman–Crippen LogP) is 5.16. The summed E-state index contributed by atoms with van der Waals surface area (Å²) in [5.74, 6) is -0.426. The maximum absolute atomic E-state index is 13.6. The number of nitrogens with zero attached hydrogens (tertiary/aromatic N) is 1. The number of hydrogen-bond donors (Lipinski definition) is 1. The molecule has 0 fully saturated rings. The Bertz CT molecular complexity index is 1540. The van der Waals surface area contributed by atoms with Crippen molar-refractivity contribution in [3.8, 4) is 17.2 Å². The molecule has 1 aromatic heterocycles. The fourth-order valence-corrected chi connectivity index (χ4v) is 4.01. The zero-order valence-corrected chi connectivity index (χ0v) is 20.5. The maximum atomic E-state index is 13.6. The lowest BCUT2D eigenvalue weighted by atomic mass is 10.0. The van der Waals surface area contributed by atoms with E-state index in [1.807, 2.05) is 32.9 Å². The predicted molar refractivity (Wildman–Crippen MR) is 136 cm³/mol. The molecule has 4 aromatic rings. The molecule has 0 aliphatic carbocycles. The molecular formula is C28H25NO7. The number of fused-ring (bicyclic) bond motifs is 1. The zero-order chi connectivity index (χ0) is 26.0. The number of ether oxygens (including phenoxy) is 3. The van der Waals surface area contributed by atoms with Gasteiger partial charge in [0, 0.05) is 5.56 Å². The Morgan fingerprint density at radius 2 is 1.58 bits per heavy atom. The van der Waals surface area contributed by atoms with Crippen molar-refractivity contribution in [2.75, 3.05) is 14.2 Å². The van der Waals surface area contributed by atoms with E-state index < -0.39 is 22.9 Å². The molecule has 0 saturated carbocycles. The molecule has 1 heterocycles. The van der Waals surface area contributed by atoms with Gasteiger partial charge in [-0.1, -0.05) is 29.8 Å². The van der Waals surface area contributed by atoms with Gasteiger partial charge in [0.1, 0.15) is 22.6 Å². The fourth-order valence-electron chi connectivity index (χ4n) is 4.01. The van der Waals surface area contributed by atoms with E-state index in [0.717, 1.165) is 16.7 Å². The lowest BCUT2D eigenvalue weighted by Crippen LogP contribution is -2.20. The number of methoxy groups -OCH3 is 2. The molecule has 0 aliphatic heterocycles. The molecule has 36 heavy (non-hydrogen) atoms. The molecule has 3 aromatic carbocycles. The highest BCUT2D eigenvalue weighted by atomic mass is 16.5. The second kappa shape index (κ2) is 9.95. The van der Waals surface area contributed by atoms with Crippen LogP contribution in [-0.2, 0) is 4.79 Å². The first-order valence-corrected chi connectivity index (χ1v) is 11.1. The molecule has 0 radical (unpaired) electrons. The Kier molecular flexibility index (Phi) is 6.78. The number of esters is 1. The summed E-state index contributed by atoms with van der Waals surface area (Å²) in [5.41, 5.74) is 1.50. The van der Waals surface area contributed by atoms with E-state index in [1.54, 1.807) is 30.3 Å². The minimum atomic E-state index is -0.965. The monoisotopic (exact) mass is 487 g/mol. The quantitative estimate of drug-likeness (QED) is 0.172. The third-order valence-electron chi connectivity index (χ3n) is 5.63. The van der Waals surface area contributed by atoms with Gasteiger partial charge in [-0.2, -0.15) is 0 Å². The molecule has 0 unspecified atom stereocenters. The van der Waals surface area contributed by atoms with Crippen molar-refractivity contribution in [2.24, 2.45) is 0 Å². The van der Waals surface area contributed by atoms with Crippen molar-refractivity contribution in [3.05, 3.63) is 93.0 Å². The lowest BCUT2D eigenvalue weighted by Gasteiger charge is -2.15. The average molecular weight is 488 g/mol. The highest BCUT2D eigenvalue weighted by Crippen LogP contribution is 2.33. The molecule has 0 atom stereocenters. The molecule has 0 saturated heterocycles. The molecular weight excluding hydrogens is 462 g/mol. The van der Waals surface area contributed by atoms with Crippen molar-refractivity contribution in [3.63, 3.8) is 0 Å². The summed E-state index contributed by atoms with van der Waals surface area (Å²) in [6.07, 6.45) is 0. The van der Waals surface area contributed by atoms with Gasteiger partial charge < -0.3 is 23.7 Å². The van der Waals surface area contributed by atoms with Gasteiger partial charge in [-0.25, -0.2) is 14.6 Å². The van der Waals surface area contributed by atoms with E-state index in [9.17, 15) is 14.7 Å². The van der Waals surface area contributed by atoms with Crippen molar-refractivity contribution in [2.45, 2.75) is 20.8 Å². The number of hydrogen-bond acceptors (Lipinski definition) is 8. The standard InChI is InChI=1S/C28H25NO7/c1-15-12-16(2)26(17(3)13-15)36-27(31)23(24-28(32)35-20-9-7-6-8-19(20)29-24)25(30)18-10-11-21(33-4)22(14-18)34-5/h6-14,30H,1-5H3. The van der Waals surface area contributed by atoms with E-state index in [4.69, 9.17) is 18.6 Å². The van der Waals surface area contributed by atoms with Crippen molar-refractivity contribution in [1.29, 1.82) is 0 Å². The maximum Gasteiger partial charge on any atom is 0.363 e. The Balaban J connectivity index is 1.94. The van der Waals surface area contributed by atoms with Gasteiger partial charge in [0.25, 0.3) is 0 Å². The summed E-state index contributed by atoms with van der Waals surface area (Å²) < 4.78 is 21.7. The van der Waals surface area contributed by atoms with Crippen LogP contribution in [0.4, 0.5) is 0 Å². The van der Waals surface area contributed by atoms with Crippen molar-refractivity contribution >= 4 is 28.4 Å². The number of aromatic nitrogens is 1. The number of aliphatic hydroxyl groups excluding tert-OH is 1. The third-order valence-corrected chi connectivity index (χ3v) is 5.63. The Morgan fingerprint density at radius 1 is 0.917 bits per heavy atom. The van der Waals surface area contributed by atoms with Crippen molar-refractivity contribution < 1.29 is 28.5 Å². The lowest BCUT2D eigenvalue weighted by molar-refractivity contribution is -0.128. The van der Waals surface area contributed by atoms with Gasteiger partial charge in [0.2, 0.25) is 0 Å². The number of aryl methyl sites for hydroxylation is 3. The molecule has 0 spiro atoms. The van der Waals surface area contributed by atoms with Crippen LogP contribution in [0, 0.1) is 20.8 Å². The van der Waals surface area contributed by atoms with E-state index in [-0.39, 0.29) is 16.8 Å². The average Bonchev–Trinajstić information content (AvgIpc) is 2.86. The Hall–Kier alpha value is -4.59. The van der Waals surface area contributed by atoms with Crippen molar-refractivity contribution in [1.82, 2.24) is 4.98 Å². The van der Waals surface area contributed by atoms with Gasteiger partial charge in [-0.3, -0.25) is 0 Å². The molecule has 184 valence electrons. The van der Waals surface area contributed by atoms with Crippen LogP contribution in [0.15, 0.2) is 63.8 Å². The van der Waals surface area contributed by atoms with E-state index in [1.165, 1.54) is 26.4 Å². The van der Waals surface area contributed by atoms with E-state index >= 15 is 0 Å². The minimum Gasteiger partial charge on any atom is -0.506 e. The molecule has 0 bridgehead atoms. The van der Waals surface area contributed by atoms with Gasteiger partial charge in [-0.05, 0) is 62.2 Å². The summed E-state index contributed by atoms with van der Waals surface area (Å²) in [4.78, 5) is 30.8. The third kappa shape index (κ3) is 4.65. The number of para-hydroxylation sites is 2. The van der Waals surface area contributed by atoms with Crippen LogP contribution in [0.3, 0.4) is 0 Å². The molecule has 4 rings (SSSR count). The largest absolute Gasteiger partial charge is 0.506 e. The van der Waals surface area contributed by atoms with Gasteiger partial charge in [0.05, 0.1) is 14.2 Å². The zero-order valence-electron chi connectivity index (χ0n) is 20.5. The summed E-state index contributed by atoms with van der Waals surface area (Å²) in [6, 6.07) is 14.9. The molecule has 8 heteroatoms. The second-order valence-electron chi connectivity index (χ2n) is 8.23. The Labute approximate surface area is 207 Å². The summed E-state index contributed by atoms with van der Waals surface area (Å²) in [6.45, 7) is 5.55. The summed E-state index contributed by atoms with van der Waals surface area (Å²) in [7, 11) is 2.92. The second-order valence-corrected chi connectivity index (χ2v) is 8.23. The van der Waals surface area contributed by atoms with Crippen LogP contribution >= 0.6 is 0 Å². The summed E-state index contributed by atoms with van der Waals surface area (Å²) in [5, 5.41) is 11.3. The van der Waals surface area contributed by atoms with Crippen LogP contribution in [0.1, 0.15) is 27.9 Å². The van der Waals surface area contributed by atoms with Crippen LogP contribution in [-0.4, -0.2) is 30.3 Å². The van der Waals surface area contributed by atoms with E-state index in [2.05, 4.69) is 4.98 Å². The molecule has 8 nitrogen and oxygen atoms in total. The van der Waals surface area contributed by atoms with Crippen LogP contribution in [0.25, 0.3) is 22.4 Å². The summed E-state index contributed by atoms with van der Waals surface area (Å²) >= 11 is 0. The molecule has 0 aliphatic rings.